The lowest BCUT2D eigenvalue weighted by molar-refractivity contribution is 0.0922. The van der Waals surface area contributed by atoms with Gasteiger partial charge >= 0.3 is 0 Å². The molecule has 0 saturated heterocycles. The van der Waals surface area contributed by atoms with Gasteiger partial charge in [-0.25, -0.2) is 17.5 Å². The quantitative estimate of drug-likeness (QED) is 0.636. The van der Waals surface area contributed by atoms with Gasteiger partial charge in [0.15, 0.2) is 5.76 Å². The number of amides is 1. The van der Waals surface area contributed by atoms with E-state index in [9.17, 15) is 17.6 Å². The number of rotatable bonds is 7. The first kappa shape index (κ1) is 19.8. The van der Waals surface area contributed by atoms with Gasteiger partial charge < -0.3 is 9.73 Å². The van der Waals surface area contributed by atoms with Gasteiger partial charge in [0.05, 0.1) is 4.90 Å². The second kappa shape index (κ2) is 8.37. The van der Waals surface area contributed by atoms with E-state index in [4.69, 9.17) is 4.42 Å². The normalized spacial score (nSPS) is 11.4. The molecule has 0 aliphatic heterocycles. The summed E-state index contributed by atoms with van der Waals surface area (Å²) in [5.74, 6) is 0.00688. The summed E-state index contributed by atoms with van der Waals surface area (Å²) in [7, 11) is -3.78. The Labute approximate surface area is 162 Å². The summed E-state index contributed by atoms with van der Waals surface area (Å²) in [4.78, 5) is 12.1. The fraction of sp³-hybridized carbons (Fsp3) is 0.150. The number of halogens is 1. The number of nitrogens with one attached hydrogen (secondary N) is 2. The maximum atomic E-state index is 13.2. The molecule has 3 aromatic rings. The predicted octanol–water partition coefficient (Wildman–Crippen LogP) is 3.14. The van der Waals surface area contributed by atoms with Crippen LogP contribution in [0.25, 0.3) is 0 Å². The second-order valence-corrected chi connectivity index (χ2v) is 7.96. The van der Waals surface area contributed by atoms with Gasteiger partial charge in [-0.05, 0) is 54.4 Å². The molecule has 0 saturated carbocycles. The number of aryl methyl sites for hydroxylation is 1. The molecule has 0 unspecified atom stereocenters. The zero-order valence-electron chi connectivity index (χ0n) is 15.1. The minimum atomic E-state index is -3.78. The molecule has 1 amide bonds. The molecule has 0 aliphatic rings. The Balaban J connectivity index is 1.65. The van der Waals surface area contributed by atoms with Crippen LogP contribution in [0.3, 0.4) is 0 Å². The summed E-state index contributed by atoms with van der Waals surface area (Å²) in [6.07, 6.45) is 0. The van der Waals surface area contributed by atoms with Gasteiger partial charge in [-0.1, -0.05) is 24.3 Å². The van der Waals surface area contributed by atoms with Gasteiger partial charge in [-0.2, -0.15) is 0 Å². The van der Waals surface area contributed by atoms with Crippen LogP contribution in [0.2, 0.25) is 0 Å². The number of benzene rings is 2. The Morgan fingerprint density at radius 3 is 2.39 bits per heavy atom. The molecule has 28 heavy (non-hydrogen) atoms. The van der Waals surface area contributed by atoms with Crippen LogP contribution >= 0.6 is 0 Å². The first-order valence-electron chi connectivity index (χ1n) is 8.51. The van der Waals surface area contributed by atoms with Crippen LogP contribution in [-0.2, 0) is 23.1 Å². The molecule has 1 heterocycles. The van der Waals surface area contributed by atoms with Crippen molar-refractivity contribution in [1.29, 1.82) is 0 Å². The molecule has 6 nitrogen and oxygen atoms in total. The van der Waals surface area contributed by atoms with E-state index >= 15 is 0 Å². The maximum Gasteiger partial charge on any atom is 0.287 e. The maximum absolute atomic E-state index is 13.2. The predicted molar refractivity (Wildman–Crippen MR) is 101 cm³/mol. The highest BCUT2D eigenvalue weighted by atomic mass is 32.2. The average molecular weight is 402 g/mol. The van der Waals surface area contributed by atoms with Crippen molar-refractivity contribution in [2.45, 2.75) is 24.9 Å². The summed E-state index contributed by atoms with van der Waals surface area (Å²) in [5.41, 5.74) is 1.13. The Morgan fingerprint density at radius 2 is 1.71 bits per heavy atom. The van der Waals surface area contributed by atoms with E-state index in [0.717, 1.165) is 0 Å². The molecule has 1 aromatic heterocycles. The molecule has 2 N–H and O–H groups in total. The van der Waals surface area contributed by atoms with Crippen LogP contribution < -0.4 is 10.0 Å². The molecular weight excluding hydrogens is 383 g/mol. The molecule has 146 valence electrons. The number of hydrogen-bond donors (Lipinski definition) is 2. The summed E-state index contributed by atoms with van der Waals surface area (Å²) in [6, 6.07) is 15.2. The van der Waals surface area contributed by atoms with Crippen molar-refractivity contribution in [2.75, 3.05) is 0 Å². The fourth-order valence-corrected chi connectivity index (χ4v) is 3.64. The molecule has 0 radical (unpaired) electrons. The summed E-state index contributed by atoms with van der Waals surface area (Å²) in [5, 5.41) is 2.68. The van der Waals surface area contributed by atoms with E-state index in [2.05, 4.69) is 10.0 Å². The average Bonchev–Trinajstić information content (AvgIpc) is 3.11. The minimum absolute atomic E-state index is 0.0289. The largest absolute Gasteiger partial charge is 0.456 e. The van der Waals surface area contributed by atoms with Gasteiger partial charge in [0.25, 0.3) is 5.91 Å². The second-order valence-electron chi connectivity index (χ2n) is 6.19. The zero-order valence-corrected chi connectivity index (χ0v) is 15.9. The SMILES string of the molecule is Cc1ccc(C(=O)NCc2cccc(S(=O)(=O)NCc3cccc(F)c3)c2)o1. The van der Waals surface area contributed by atoms with Crippen LogP contribution in [0.5, 0.6) is 0 Å². The van der Waals surface area contributed by atoms with Crippen molar-refractivity contribution in [3.05, 3.63) is 89.1 Å². The molecule has 0 atom stereocenters. The molecule has 0 spiro atoms. The number of furan rings is 1. The lowest BCUT2D eigenvalue weighted by atomic mass is 10.2. The Kier molecular flexibility index (Phi) is 5.91. The summed E-state index contributed by atoms with van der Waals surface area (Å²) < 4.78 is 45.9. The first-order chi connectivity index (χ1) is 13.3. The van der Waals surface area contributed by atoms with E-state index in [1.165, 1.54) is 30.3 Å². The van der Waals surface area contributed by atoms with Crippen molar-refractivity contribution in [1.82, 2.24) is 10.0 Å². The summed E-state index contributed by atoms with van der Waals surface area (Å²) >= 11 is 0. The number of carbonyl (C=O) groups is 1. The van der Waals surface area contributed by atoms with Gasteiger partial charge in [0.2, 0.25) is 10.0 Å². The van der Waals surface area contributed by atoms with Crippen LogP contribution in [-0.4, -0.2) is 14.3 Å². The third kappa shape index (κ3) is 5.05. The van der Waals surface area contributed by atoms with Crippen molar-refractivity contribution in [2.24, 2.45) is 0 Å². The minimum Gasteiger partial charge on any atom is -0.456 e. The zero-order chi connectivity index (χ0) is 20.1. The Morgan fingerprint density at radius 1 is 1.00 bits per heavy atom. The molecule has 3 rings (SSSR count). The fourth-order valence-electron chi connectivity index (χ4n) is 2.56. The highest BCUT2D eigenvalue weighted by Crippen LogP contribution is 2.13. The van der Waals surface area contributed by atoms with Gasteiger partial charge in [-0.3, -0.25) is 4.79 Å². The smallest absolute Gasteiger partial charge is 0.287 e. The van der Waals surface area contributed by atoms with Crippen LogP contribution in [0.15, 0.2) is 70.0 Å². The van der Waals surface area contributed by atoms with E-state index in [0.29, 0.717) is 16.9 Å². The summed E-state index contributed by atoms with van der Waals surface area (Å²) in [6.45, 7) is 1.85. The van der Waals surface area contributed by atoms with Crippen molar-refractivity contribution < 1.29 is 22.0 Å². The van der Waals surface area contributed by atoms with E-state index in [-0.39, 0.29) is 29.7 Å². The van der Waals surface area contributed by atoms with E-state index in [1.54, 1.807) is 37.3 Å². The van der Waals surface area contributed by atoms with E-state index < -0.39 is 15.8 Å². The molecule has 0 bridgehead atoms. The van der Waals surface area contributed by atoms with Crippen LogP contribution in [0, 0.1) is 12.7 Å². The van der Waals surface area contributed by atoms with Crippen LogP contribution in [0.4, 0.5) is 4.39 Å². The molecule has 8 heteroatoms. The number of sulfonamides is 1. The first-order valence-corrected chi connectivity index (χ1v) is 9.99. The molecular formula is C20H19FN2O4S. The van der Waals surface area contributed by atoms with Crippen molar-refractivity contribution in [3.8, 4) is 0 Å². The van der Waals surface area contributed by atoms with Crippen molar-refractivity contribution in [3.63, 3.8) is 0 Å². The lowest BCUT2D eigenvalue weighted by Crippen LogP contribution is -2.24. The van der Waals surface area contributed by atoms with E-state index in [1.807, 2.05) is 0 Å². The lowest BCUT2D eigenvalue weighted by Gasteiger charge is -2.09. The monoisotopic (exact) mass is 402 g/mol. The van der Waals surface area contributed by atoms with Gasteiger partial charge in [0, 0.05) is 13.1 Å². The van der Waals surface area contributed by atoms with Gasteiger partial charge in [-0.15, -0.1) is 0 Å². The van der Waals surface area contributed by atoms with Crippen LogP contribution in [0.1, 0.15) is 27.4 Å². The molecule has 0 aliphatic carbocycles. The topological polar surface area (TPSA) is 88.4 Å². The van der Waals surface area contributed by atoms with Gasteiger partial charge in [0.1, 0.15) is 11.6 Å². The molecule has 0 fully saturated rings. The third-order valence-electron chi connectivity index (χ3n) is 3.98. The van der Waals surface area contributed by atoms with Crippen molar-refractivity contribution >= 4 is 15.9 Å². The third-order valence-corrected chi connectivity index (χ3v) is 5.38. The number of carbonyl (C=O) groups excluding carboxylic acids is 1. The molecule has 2 aromatic carbocycles. The highest BCUT2D eigenvalue weighted by Gasteiger charge is 2.15. The highest BCUT2D eigenvalue weighted by molar-refractivity contribution is 7.89. The standard InChI is InChI=1S/C20H19FN2O4S/c1-14-8-9-19(27-14)20(24)22-12-16-5-3-7-18(11-16)28(25,26)23-13-15-4-2-6-17(21)10-15/h2-11,23H,12-13H2,1H3,(H,22,24). The number of hydrogen-bond acceptors (Lipinski definition) is 4. The Bertz CT molecular complexity index is 1090. The Hall–Kier alpha value is -2.97.